The van der Waals surface area contributed by atoms with Crippen LogP contribution in [0.4, 0.5) is 0 Å². The molecule has 2 fully saturated rings. The van der Waals surface area contributed by atoms with Gasteiger partial charge in [-0.1, -0.05) is 13.3 Å². The lowest BCUT2D eigenvalue weighted by Crippen LogP contribution is -2.52. The summed E-state index contributed by atoms with van der Waals surface area (Å²) in [5, 5.41) is 9.34. The average molecular weight is 211 g/mol. The molecule has 0 bridgehead atoms. The van der Waals surface area contributed by atoms with Crippen molar-refractivity contribution < 1.29 is 9.90 Å². The number of aliphatic hydroxyl groups is 1. The minimum Gasteiger partial charge on any atom is -0.395 e. The van der Waals surface area contributed by atoms with Gasteiger partial charge in [-0.15, -0.1) is 0 Å². The highest BCUT2D eigenvalue weighted by atomic mass is 16.3. The zero-order chi connectivity index (χ0) is 10.9. The van der Waals surface area contributed by atoms with E-state index in [1.807, 2.05) is 4.90 Å². The van der Waals surface area contributed by atoms with Gasteiger partial charge in [-0.05, 0) is 31.6 Å². The number of carbonyl (C=O) groups is 1. The van der Waals surface area contributed by atoms with Crippen LogP contribution in [-0.2, 0) is 4.79 Å². The van der Waals surface area contributed by atoms with Crippen molar-refractivity contribution in [2.75, 3.05) is 19.7 Å². The smallest absolute Gasteiger partial charge is 0.231 e. The number of rotatable bonds is 2. The Morgan fingerprint density at radius 1 is 1.40 bits per heavy atom. The SMILES string of the molecule is CC1CCN(C(=O)C2(CO)CCC2)CC1. The number of aliphatic hydroxyl groups excluding tert-OH is 1. The van der Waals surface area contributed by atoms with Crippen molar-refractivity contribution in [3.63, 3.8) is 0 Å². The van der Waals surface area contributed by atoms with Gasteiger partial charge in [0.05, 0.1) is 12.0 Å². The molecule has 1 aliphatic heterocycles. The van der Waals surface area contributed by atoms with Crippen molar-refractivity contribution in [3.05, 3.63) is 0 Å². The predicted molar refractivity (Wildman–Crippen MR) is 58.3 cm³/mol. The highest BCUT2D eigenvalue weighted by molar-refractivity contribution is 5.83. The topological polar surface area (TPSA) is 40.5 Å². The maximum atomic E-state index is 12.2. The quantitative estimate of drug-likeness (QED) is 0.750. The molecule has 0 atom stereocenters. The Balaban J connectivity index is 1.95. The van der Waals surface area contributed by atoms with Gasteiger partial charge in [0.25, 0.3) is 0 Å². The van der Waals surface area contributed by atoms with Crippen molar-refractivity contribution in [3.8, 4) is 0 Å². The highest BCUT2D eigenvalue weighted by Gasteiger charge is 2.46. The fourth-order valence-corrected chi connectivity index (χ4v) is 2.59. The third-order valence-corrected chi connectivity index (χ3v) is 4.14. The molecule has 3 nitrogen and oxygen atoms in total. The summed E-state index contributed by atoms with van der Waals surface area (Å²) in [6, 6.07) is 0. The zero-order valence-corrected chi connectivity index (χ0v) is 9.54. The number of hydrogen-bond acceptors (Lipinski definition) is 2. The van der Waals surface area contributed by atoms with E-state index < -0.39 is 0 Å². The molecule has 86 valence electrons. The Morgan fingerprint density at radius 2 is 2.00 bits per heavy atom. The van der Waals surface area contributed by atoms with E-state index in [0.717, 1.165) is 51.1 Å². The second-order valence-corrected chi connectivity index (χ2v) is 5.27. The molecule has 0 aromatic rings. The first-order valence-electron chi connectivity index (χ1n) is 6.08. The van der Waals surface area contributed by atoms with Gasteiger partial charge in [0, 0.05) is 13.1 Å². The van der Waals surface area contributed by atoms with Gasteiger partial charge >= 0.3 is 0 Å². The molecule has 0 aromatic carbocycles. The molecule has 1 aliphatic carbocycles. The summed E-state index contributed by atoms with van der Waals surface area (Å²) in [5.74, 6) is 0.962. The fraction of sp³-hybridized carbons (Fsp3) is 0.917. The second kappa shape index (κ2) is 4.12. The van der Waals surface area contributed by atoms with Crippen molar-refractivity contribution >= 4 is 5.91 Å². The van der Waals surface area contributed by atoms with E-state index >= 15 is 0 Å². The lowest BCUT2D eigenvalue weighted by molar-refractivity contribution is -0.152. The fourth-order valence-electron chi connectivity index (χ4n) is 2.59. The monoisotopic (exact) mass is 211 g/mol. The first kappa shape index (κ1) is 10.9. The van der Waals surface area contributed by atoms with E-state index in [0.29, 0.717) is 0 Å². The molecule has 0 spiro atoms. The third-order valence-electron chi connectivity index (χ3n) is 4.14. The number of amides is 1. The van der Waals surface area contributed by atoms with E-state index in [1.54, 1.807) is 0 Å². The molecule has 1 heterocycles. The molecule has 0 radical (unpaired) electrons. The lowest BCUT2D eigenvalue weighted by Gasteiger charge is -2.43. The van der Waals surface area contributed by atoms with E-state index in [4.69, 9.17) is 0 Å². The number of carbonyl (C=O) groups excluding carboxylic acids is 1. The Bertz CT molecular complexity index is 234. The van der Waals surface area contributed by atoms with Crippen LogP contribution in [0, 0.1) is 11.3 Å². The van der Waals surface area contributed by atoms with Crippen molar-refractivity contribution in [2.24, 2.45) is 11.3 Å². The van der Waals surface area contributed by atoms with Gasteiger partial charge in [-0.2, -0.15) is 0 Å². The van der Waals surface area contributed by atoms with Crippen LogP contribution in [0.3, 0.4) is 0 Å². The van der Waals surface area contributed by atoms with E-state index in [9.17, 15) is 9.90 Å². The highest BCUT2D eigenvalue weighted by Crippen LogP contribution is 2.42. The van der Waals surface area contributed by atoms with Crippen LogP contribution in [-0.4, -0.2) is 35.6 Å². The van der Waals surface area contributed by atoms with Crippen LogP contribution < -0.4 is 0 Å². The molecule has 0 aromatic heterocycles. The normalized spacial score (nSPS) is 26.1. The zero-order valence-electron chi connectivity index (χ0n) is 9.54. The molecule has 15 heavy (non-hydrogen) atoms. The average Bonchev–Trinajstić information content (AvgIpc) is 2.18. The molecule has 2 rings (SSSR count). The van der Waals surface area contributed by atoms with Gasteiger partial charge in [0.15, 0.2) is 0 Å². The lowest BCUT2D eigenvalue weighted by atomic mass is 9.68. The van der Waals surface area contributed by atoms with Crippen LogP contribution >= 0.6 is 0 Å². The first-order chi connectivity index (χ1) is 7.18. The standard InChI is InChI=1S/C12H21NO2/c1-10-3-7-13(8-4-10)11(15)12(9-14)5-2-6-12/h10,14H,2-9H2,1H3. The van der Waals surface area contributed by atoms with Crippen molar-refractivity contribution in [1.29, 1.82) is 0 Å². The van der Waals surface area contributed by atoms with Crippen LogP contribution in [0.5, 0.6) is 0 Å². The van der Waals surface area contributed by atoms with Crippen molar-refractivity contribution in [2.45, 2.75) is 39.0 Å². The molecular weight excluding hydrogens is 190 g/mol. The summed E-state index contributed by atoms with van der Waals surface area (Å²) in [6.07, 6.45) is 5.10. The Hall–Kier alpha value is -0.570. The summed E-state index contributed by atoms with van der Waals surface area (Å²) >= 11 is 0. The predicted octanol–water partition coefficient (Wildman–Crippen LogP) is 1.41. The molecule has 0 unspecified atom stereocenters. The maximum absolute atomic E-state index is 12.2. The van der Waals surface area contributed by atoms with Crippen LogP contribution in [0.25, 0.3) is 0 Å². The number of piperidine rings is 1. The summed E-state index contributed by atoms with van der Waals surface area (Å²) in [7, 11) is 0. The minimum absolute atomic E-state index is 0.0396. The molecule has 1 N–H and O–H groups in total. The summed E-state index contributed by atoms with van der Waals surface area (Å²) in [5.41, 5.74) is -0.388. The van der Waals surface area contributed by atoms with E-state index in [-0.39, 0.29) is 17.9 Å². The van der Waals surface area contributed by atoms with E-state index in [2.05, 4.69) is 6.92 Å². The summed E-state index contributed by atoms with van der Waals surface area (Å²) in [4.78, 5) is 14.2. The number of likely N-dealkylation sites (tertiary alicyclic amines) is 1. The Morgan fingerprint density at radius 3 is 2.40 bits per heavy atom. The largest absolute Gasteiger partial charge is 0.395 e. The second-order valence-electron chi connectivity index (χ2n) is 5.27. The first-order valence-corrected chi connectivity index (χ1v) is 6.08. The van der Waals surface area contributed by atoms with Crippen LogP contribution in [0.15, 0.2) is 0 Å². The van der Waals surface area contributed by atoms with Gasteiger partial charge in [0.2, 0.25) is 5.91 Å². The minimum atomic E-state index is -0.388. The van der Waals surface area contributed by atoms with Crippen molar-refractivity contribution in [1.82, 2.24) is 4.90 Å². The number of hydrogen-bond donors (Lipinski definition) is 1. The molecule has 1 saturated carbocycles. The number of nitrogens with zero attached hydrogens (tertiary/aromatic N) is 1. The molecular formula is C12H21NO2. The molecule has 1 amide bonds. The van der Waals surface area contributed by atoms with Gasteiger partial charge < -0.3 is 10.0 Å². The van der Waals surface area contributed by atoms with Gasteiger partial charge in [0.1, 0.15) is 0 Å². The Kier molecular flexibility index (Phi) is 3.01. The summed E-state index contributed by atoms with van der Waals surface area (Å²) < 4.78 is 0. The van der Waals surface area contributed by atoms with Gasteiger partial charge in [-0.3, -0.25) is 4.79 Å². The summed E-state index contributed by atoms with van der Waals surface area (Å²) in [6.45, 7) is 4.06. The van der Waals surface area contributed by atoms with E-state index in [1.165, 1.54) is 0 Å². The maximum Gasteiger partial charge on any atom is 0.231 e. The van der Waals surface area contributed by atoms with Crippen LogP contribution in [0.2, 0.25) is 0 Å². The van der Waals surface area contributed by atoms with Gasteiger partial charge in [-0.25, -0.2) is 0 Å². The Labute approximate surface area is 91.5 Å². The molecule has 2 aliphatic rings. The molecule has 3 heteroatoms. The molecule has 1 saturated heterocycles. The third kappa shape index (κ3) is 1.89. The van der Waals surface area contributed by atoms with Crippen LogP contribution in [0.1, 0.15) is 39.0 Å².